The minimum atomic E-state index is -0.263. The number of fused-ring (bicyclic) bond motifs is 1. The van der Waals surface area contributed by atoms with Crippen molar-refractivity contribution in [2.75, 3.05) is 5.32 Å². The highest BCUT2D eigenvalue weighted by molar-refractivity contribution is 7.16. The van der Waals surface area contributed by atoms with Gasteiger partial charge in [-0.05, 0) is 43.4 Å². The van der Waals surface area contributed by atoms with Gasteiger partial charge in [0.05, 0.1) is 5.56 Å². The van der Waals surface area contributed by atoms with Gasteiger partial charge in [-0.25, -0.2) is 0 Å². The predicted molar refractivity (Wildman–Crippen MR) is 77.9 cm³/mol. The molecule has 0 saturated heterocycles. The Balaban J connectivity index is 1.90. The maximum Gasteiger partial charge on any atom is 0.274 e. The van der Waals surface area contributed by atoms with Crippen molar-refractivity contribution >= 4 is 22.2 Å². The molecule has 0 bridgehead atoms. The van der Waals surface area contributed by atoms with Crippen LogP contribution < -0.4 is 5.32 Å². The molecule has 2 aromatic rings. The molecule has 1 N–H and O–H groups in total. The molecule has 20 heavy (non-hydrogen) atoms. The third kappa shape index (κ3) is 2.30. The van der Waals surface area contributed by atoms with Crippen LogP contribution in [0.25, 0.3) is 0 Å². The van der Waals surface area contributed by atoms with E-state index in [1.807, 2.05) is 0 Å². The fraction of sp³-hybridized carbons (Fsp3) is 0.267. The lowest BCUT2D eigenvalue weighted by atomic mass is 9.96. The monoisotopic (exact) mass is 283 g/mol. The lowest BCUT2D eigenvalue weighted by molar-refractivity contribution is 0.102. The van der Waals surface area contributed by atoms with Gasteiger partial charge in [-0.15, -0.1) is 11.3 Å². The molecule has 0 fully saturated rings. The van der Waals surface area contributed by atoms with Crippen LogP contribution in [0, 0.1) is 11.3 Å². The van der Waals surface area contributed by atoms with Crippen molar-refractivity contribution in [3.63, 3.8) is 0 Å². The number of pyridine rings is 1. The molecule has 3 rings (SSSR count). The van der Waals surface area contributed by atoms with Gasteiger partial charge in [0.15, 0.2) is 0 Å². The van der Waals surface area contributed by atoms with Crippen molar-refractivity contribution in [2.24, 2.45) is 0 Å². The van der Waals surface area contributed by atoms with E-state index < -0.39 is 0 Å². The number of nitrogens with zero attached hydrogens (tertiary/aromatic N) is 2. The molecule has 2 heterocycles. The van der Waals surface area contributed by atoms with E-state index in [1.165, 1.54) is 16.2 Å². The van der Waals surface area contributed by atoms with Crippen molar-refractivity contribution in [1.82, 2.24) is 4.98 Å². The number of rotatable bonds is 2. The van der Waals surface area contributed by atoms with Gasteiger partial charge in [-0.1, -0.05) is 6.07 Å². The number of nitrogens with one attached hydrogen (secondary N) is 1. The Bertz CT molecular complexity index is 685. The molecule has 0 aliphatic heterocycles. The summed E-state index contributed by atoms with van der Waals surface area (Å²) < 4.78 is 0. The molecule has 0 saturated carbocycles. The van der Waals surface area contributed by atoms with E-state index in [1.54, 1.807) is 24.4 Å². The van der Waals surface area contributed by atoms with Gasteiger partial charge in [0.2, 0.25) is 0 Å². The van der Waals surface area contributed by atoms with E-state index in [2.05, 4.69) is 16.4 Å². The summed E-state index contributed by atoms with van der Waals surface area (Å²) in [5, 5.41) is 12.8. The first kappa shape index (κ1) is 12.8. The Hall–Kier alpha value is -2.19. The Morgan fingerprint density at radius 1 is 1.35 bits per heavy atom. The number of nitriles is 1. The Morgan fingerprint density at radius 2 is 2.20 bits per heavy atom. The lowest BCUT2D eigenvalue weighted by Crippen LogP contribution is -2.13. The average molecular weight is 283 g/mol. The zero-order valence-electron chi connectivity index (χ0n) is 10.8. The van der Waals surface area contributed by atoms with Crippen LogP contribution in [-0.2, 0) is 12.8 Å². The summed E-state index contributed by atoms with van der Waals surface area (Å²) >= 11 is 1.53. The van der Waals surface area contributed by atoms with Crippen LogP contribution in [0.4, 0.5) is 5.00 Å². The maximum atomic E-state index is 12.1. The van der Waals surface area contributed by atoms with Gasteiger partial charge in [-0.3, -0.25) is 9.78 Å². The number of thiophene rings is 1. The molecule has 0 spiro atoms. The number of amides is 1. The highest BCUT2D eigenvalue weighted by atomic mass is 32.1. The SMILES string of the molecule is N#Cc1c(NC(=O)c2ccccn2)sc2c1CCCC2. The van der Waals surface area contributed by atoms with Crippen LogP contribution in [0.15, 0.2) is 24.4 Å². The summed E-state index contributed by atoms with van der Waals surface area (Å²) in [4.78, 5) is 17.4. The summed E-state index contributed by atoms with van der Waals surface area (Å²) in [6.07, 6.45) is 5.81. The van der Waals surface area contributed by atoms with Crippen molar-refractivity contribution in [3.05, 3.63) is 46.1 Å². The fourth-order valence-corrected chi connectivity index (χ4v) is 3.67. The zero-order chi connectivity index (χ0) is 13.9. The van der Waals surface area contributed by atoms with E-state index in [4.69, 9.17) is 0 Å². The standard InChI is InChI=1S/C15H13N3OS/c16-9-11-10-5-1-2-7-13(10)20-15(11)18-14(19)12-6-3-4-8-17-12/h3-4,6,8H,1-2,5,7H2,(H,18,19). The third-order valence-corrected chi connectivity index (χ3v) is 4.61. The molecule has 0 unspecified atom stereocenters. The highest BCUT2D eigenvalue weighted by Crippen LogP contribution is 2.37. The van der Waals surface area contributed by atoms with Gasteiger partial charge >= 0.3 is 0 Å². The first-order chi connectivity index (χ1) is 9.79. The summed E-state index contributed by atoms with van der Waals surface area (Å²) in [6.45, 7) is 0. The number of hydrogen-bond donors (Lipinski definition) is 1. The second-order valence-corrected chi connectivity index (χ2v) is 5.80. The molecule has 1 amide bonds. The summed E-state index contributed by atoms with van der Waals surface area (Å²) in [5.41, 5.74) is 2.12. The van der Waals surface area contributed by atoms with E-state index in [9.17, 15) is 10.1 Å². The van der Waals surface area contributed by atoms with Gasteiger partial charge in [0.25, 0.3) is 5.91 Å². The molecule has 0 atom stereocenters. The molecule has 4 nitrogen and oxygen atoms in total. The van der Waals surface area contributed by atoms with Gasteiger partial charge in [0.1, 0.15) is 16.8 Å². The van der Waals surface area contributed by atoms with E-state index in [0.717, 1.165) is 31.2 Å². The molecule has 0 aromatic carbocycles. The van der Waals surface area contributed by atoms with Crippen LogP contribution in [0.2, 0.25) is 0 Å². The van der Waals surface area contributed by atoms with Crippen LogP contribution in [0.5, 0.6) is 0 Å². The molecule has 100 valence electrons. The summed E-state index contributed by atoms with van der Waals surface area (Å²) in [6, 6.07) is 7.43. The van der Waals surface area contributed by atoms with Gasteiger partial charge in [0, 0.05) is 11.1 Å². The zero-order valence-corrected chi connectivity index (χ0v) is 11.7. The Kier molecular flexibility index (Phi) is 3.48. The molecular weight excluding hydrogens is 270 g/mol. The van der Waals surface area contributed by atoms with Crippen LogP contribution in [0.1, 0.15) is 39.3 Å². The maximum absolute atomic E-state index is 12.1. The van der Waals surface area contributed by atoms with Crippen LogP contribution in [0.3, 0.4) is 0 Å². The molecule has 1 aliphatic carbocycles. The van der Waals surface area contributed by atoms with Crippen molar-refractivity contribution < 1.29 is 4.79 Å². The first-order valence-corrected chi connectivity index (χ1v) is 7.38. The number of carbonyl (C=O) groups is 1. The normalized spacial score (nSPS) is 13.3. The molecule has 5 heteroatoms. The van der Waals surface area contributed by atoms with Gasteiger partial charge in [-0.2, -0.15) is 5.26 Å². The number of hydrogen-bond acceptors (Lipinski definition) is 4. The lowest BCUT2D eigenvalue weighted by Gasteiger charge is -2.09. The number of aromatic nitrogens is 1. The largest absolute Gasteiger partial charge is 0.311 e. The van der Waals surface area contributed by atoms with E-state index >= 15 is 0 Å². The Labute approximate surface area is 121 Å². The van der Waals surface area contributed by atoms with E-state index in [-0.39, 0.29) is 5.91 Å². The minimum absolute atomic E-state index is 0.263. The Morgan fingerprint density at radius 3 is 2.95 bits per heavy atom. The van der Waals surface area contributed by atoms with Crippen molar-refractivity contribution in [2.45, 2.75) is 25.7 Å². The number of anilines is 1. The second kappa shape index (κ2) is 5.43. The highest BCUT2D eigenvalue weighted by Gasteiger charge is 2.22. The van der Waals surface area contributed by atoms with E-state index in [0.29, 0.717) is 16.3 Å². The number of carbonyl (C=O) groups excluding carboxylic acids is 1. The minimum Gasteiger partial charge on any atom is -0.311 e. The molecule has 1 aliphatic rings. The second-order valence-electron chi connectivity index (χ2n) is 4.70. The smallest absolute Gasteiger partial charge is 0.274 e. The third-order valence-electron chi connectivity index (χ3n) is 3.41. The predicted octanol–water partition coefficient (Wildman–Crippen LogP) is 3.15. The van der Waals surface area contributed by atoms with Crippen LogP contribution in [-0.4, -0.2) is 10.9 Å². The summed E-state index contributed by atoms with van der Waals surface area (Å²) in [5.74, 6) is -0.263. The molecular formula is C15H13N3OS. The fourth-order valence-electron chi connectivity index (χ4n) is 2.44. The van der Waals surface area contributed by atoms with Crippen molar-refractivity contribution in [1.29, 1.82) is 5.26 Å². The van der Waals surface area contributed by atoms with Crippen LogP contribution >= 0.6 is 11.3 Å². The van der Waals surface area contributed by atoms with Gasteiger partial charge < -0.3 is 5.32 Å². The average Bonchev–Trinajstić information content (AvgIpc) is 2.85. The summed E-state index contributed by atoms with van der Waals surface area (Å²) in [7, 11) is 0. The topological polar surface area (TPSA) is 65.8 Å². The first-order valence-electron chi connectivity index (χ1n) is 6.56. The molecule has 0 radical (unpaired) electrons. The quantitative estimate of drug-likeness (QED) is 0.920. The van der Waals surface area contributed by atoms with Crippen molar-refractivity contribution in [3.8, 4) is 6.07 Å². The molecule has 2 aromatic heterocycles. The number of aryl methyl sites for hydroxylation is 1.